The van der Waals surface area contributed by atoms with E-state index in [0.717, 1.165) is 44.4 Å². The number of aldehydes is 1. The first-order valence-electron chi connectivity index (χ1n) is 6.75. The molecule has 3 nitrogen and oxygen atoms in total. The Morgan fingerprint density at radius 2 is 2.17 bits per heavy atom. The van der Waals surface area contributed by atoms with Crippen LogP contribution < -0.4 is 4.90 Å². The predicted molar refractivity (Wildman–Crippen MR) is 73.3 cm³/mol. The number of ether oxygens (including phenoxy) is 1. The molecule has 2 rings (SSSR count). The SMILES string of the molecule is CCCOC1CCCN(c2ccc(C=O)cc2)C1. The number of hydrogen-bond acceptors (Lipinski definition) is 3. The van der Waals surface area contributed by atoms with Crippen molar-refractivity contribution in [3.8, 4) is 0 Å². The lowest BCUT2D eigenvalue weighted by Crippen LogP contribution is -2.39. The first-order valence-corrected chi connectivity index (χ1v) is 6.75. The Kier molecular flexibility index (Phi) is 4.76. The molecule has 0 aliphatic carbocycles. The van der Waals surface area contributed by atoms with Gasteiger partial charge in [0.15, 0.2) is 0 Å². The van der Waals surface area contributed by atoms with Crippen molar-refractivity contribution in [1.29, 1.82) is 0 Å². The van der Waals surface area contributed by atoms with Gasteiger partial charge in [-0.25, -0.2) is 0 Å². The molecule has 0 aromatic heterocycles. The smallest absolute Gasteiger partial charge is 0.150 e. The Morgan fingerprint density at radius 3 is 2.83 bits per heavy atom. The highest BCUT2D eigenvalue weighted by molar-refractivity contribution is 5.75. The van der Waals surface area contributed by atoms with Gasteiger partial charge in [-0.15, -0.1) is 0 Å². The topological polar surface area (TPSA) is 29.5 Å². The minimum absolute atomic E-state index is 0.351. The van der Waals surface area contributed by atoms with Crippen LogP contribution in [0.25, 0.3) is 0 Å². The quantitative estimate of drug-likeness (QED) is 0.749. The van der Waals surface area contributed by atoms with Crippen LogP contribution >= 0.6 is 0 Å². The summed E-state index contributed by atoms with van der Waals surface area (Å²) in [5.74, 6) is 0. The van der Waals surface area contributed by atoms with Crippen LogP contribution in [0.3, 0.4) is 0 Å². The number of piperidine rings is 1. The van der Waals surface area contributed by atoms with Crippen LogP contribution in [-0.4, -0.2) is 32.1 Å². The lowest BCUT2D eigenvalue weighted by molar-refractivity contribution is 0.0440. The molecular formula is C15H21NO2. The molecule has 3 heteroatoms. The fourth-order valence-corrected chi connectivity index (χ4v) is 2.36. The lowest BCUT2D eigenvalue weighted by Gasteiger charge is -2.34. The molecule has 1 saturated heterocycles. The van der Waals surface area contributed by atoms with Crippen LogP contribution in [0.1, 0.15) is 36.5 Å². The van der Waals surface area contributed by atoms with Crippen molar-refractivity contribution in [3.05, 3.63) is 29.8 Å². The minimum Gasteiger partial charge on any atom is -0.376 e. The predicted octanol–water partition coefficient (Wildman–Crippen LogP) is 2.89. The number of nitrogens with zero attached hydrogens (tertiary/aromatic N) is 1. The summed E-state index contributed by atoms with van der Waals surface area (Å²) in [6, 6.07) is 7.79. The third-order valence-corrected chi connectivity index (χ3v) is 3.33. The second kappa shape index (κ2) is 6.55. The van der Waals surface area contributed by atoms with Gasteiger partial charge in [0.1, 0.15) is 6.29 Å². The Hall–Kier alpha value is -1.35. The molecule has 1 heterocycles. The Bertz CT molecular complexity index is 375. The summed E-state index contributed by atoms with van der Waals surface area (Å²) in [6.07, 6.45) is 4.63. The molecule has 1 unspecified atom stereocenters. The highest BCUT2D eigenvalue weighted by Gasteiger charge is 2.20. The van der Waals surface area contributed by atoms with E-state index < -0.39 is 0 Å². The van der Waals surface area contributed by atoms with Crippen molar-refractivity contribution in [1.82, 2.24) is 0 Å². The average Bonchev–Trinajstić information content (AvgIpc) is 2.45. The molecule has 0 saturated carbocycles. The van der Waals surface area contributed by atoms with Crippen molar-refractivity contribution in [2.45, 2.75) is 32.3 Å². The molecule has 0 N–H and O–H groups in total. The third-order valence-electron chi connectivity index (χ3n) is 3.33. The zero-order chi connectivity index (χ0) is 12.8. The Balaban J connectivity index is 1.96. The first kappa shape index (κ1) is 13.1. The average molecular weight is 247 g/mol. The second-order valence-electron chi connectivity index (χ2n) is 4.79. The van der Waals surface area contributed by atoms with Gasteiger partial charge >= 0.3 is 0 Å². The van der Waals surface area contributed by atoms with E-state index in [0.29, 0.717) is 6.10 Å². The van der Waals surface area contributed by atoms with Crippen LogP contribution in [0.5, 0.6) is 0 Å². The molecule has 1 aliphatic heterocycles. The maximum absolute atomic E-state index is 10.6. The van der Waals surface area contributed by atoms with E-state index in [-0.39, 0.29) is 0 Å². The molecule has 1 aliphatic rings. The summed E-state index contributed by atoms with van der Waals surface area (Å²) >= 11 is 0. The number of hydrogen-bond donors (Lipinski definition) is 0. The summed E-state index contributed by atoms with van der Waals surface area (Å²) in [5.41, 5.74) is 1.92. The fraction of sp³-hybridized carbons (Fsp3) is 0.533. The summed E-state index contributed by atoms with van der Waals surface area (Å²) in [7, 11) is 0. The van der Waals surface area contributed by atoms with E-state index in [9.17, 15) is 4.79 Å². The van der Waals surface area contributed by atoms with E-state index in [1.54, 1.807) is 0 Å². The van der Waals surface area contributed by atoms with Crippen LogP contribution in [0.15, 0.2) is 24.3 Å². The summed E-state index contributed by atoms with van der Waals surface area (Å²) in [6.45, 7) is 5.02. The van der Waals surface area contributed by atoms with Gasteiger partial charge in [-0.1, -0.05) is 6.92 Å². The largest absolute Gasteiger partial charge is 0.376 e. The highest BCUT2D eigenvalue weighted by atomic mass is 16.5. The van der Waals surface area contributed by atoms with Crippen molar-refractivity contribution in [2.75, 3.05) is 24.6 Å². The molecule has 0 bridgehead atoms. The zero-order valence-corrected chi connectivity index (χ0v) is 11.0. The van der Waals surface area contributed by atoms with Gasteiger partial charge in [-0.05, 0) is 43.5 Å². The number of rotatable bonds is 5. The second-order valence-corrected chi connectivity index (χ2v) is 4.79. The van der Waals surface area contributed by atoms with E-state index >= 15 is 0 Å². The minimum atomic E-state index is 0.351. The molecule has 1 aromatic rings. The van der Waals surface area contributed by atoms with E-state index in [4.69, 9.17) is 4.74 Å². The van der Waals surface area contributed by atoms with Crippen molar-refractivity contribution >= 4 is 12.0 Å². The van der Waals surface area contributed by atoms with Gasteiger partial charge in [-0.3, -0.25) is 4.79 Å². The molecule has 0 spiro atoms. The van der Waals surface area contributed by atoms with Gasteiger partial charge in [0, 0.05) is 30.9 Å². The normalized spacial score (nSPS) is 19.8. The van der Waals surface area contributed by atoms with Crippen LogP contribution in [-0.2, 0) is 4.74 Å². The molecule has 1 fully saturated rings. The molecule has 0 amide bonds. The van der Waals surface area contributed by atoms with Crippen molar-refractivity contribution in [3.63, 3.8) is 0 Å². The Labute approximate surface area is 109 Å². The fourth-order valence-electron chi connectivity index (χ4n) is 2.36. The maximum atomic E-state index is 10.6. The Morgan fingerprint density at radius 1 is 1.39 bits per heavy atom. The van der Waals surface area contributed by atoms with Gasteiger partial charge in [0.2, 0.25) is 0 Å². The first-order chi connectivity index (χ1) is 8.83. The lowest BCUT2D eigenvalue weighted by atomic mass is 10.1. The number of carbonyl (C=O) groups excluding carboxylic acids is 1. The van der Waals surface area contributed by atoms with Crippen LogP contribution in [0.4, 0.5) is 5.69 Å². The van der Waals surface area contributed by atoms with Crippen molar-refractivity contribution in [2.24, 2.45) is 0 Å². The molecule has 0 radical (unpaired) electrons. The number of benzene rings is 1. The maximum Gasteiger partial charge on any atom is 0.150 e. The third kappa shape index (κ3) is 3.33. The molecule has 98 valence electrons. The van der Waals surface area contributed by atoms with Gasteiger partial charge in [-0.2, -0.15) is 0 Å². The zero-order valence-electron chi connectivity index (χ0n) is 11.0. The monoisotopic (exact) mass is 247 g/mol. The van der Waals surface area contributed by atoms with Gasteiger partial charge in [0.25, 0.3) is 0 Å². The summed E-state index contributed by atoms with van der Waals surface area (Å²) < 4.78 is 5.83. The number of anilines is 1. The molecule has 1 aromatic carbocycles. The standard InChI is InChI=1S/C15H21NO2/c1-2-10-18-15-4-3-9-16(11-15)14-7-5-13(12-17)6-8-14/h5-8,12,15H,2-4,9-11H2,1H3. The van der Waals surface area contributed by atoms with E-state index in [2.05, 4.69) is 11.8 Å². The molecule has 1 atom stereocenters. The van der Waals surface area contributed by atoms with Gasteiger partial charge < -0.3 is 9.64 Å². The van der Waals surface area contributed by atoms with Gasteiger partial charge in [0.05, 0.1) is 6.10 Å². The molecule has 18 heavy (non-hydrogen) atoms. The summed E-state index contributed by atoms with van der Waals surface area (Å²) in [4.78, 5) is 13.0. The summed E-state index contributed by atoms with van der Waals surface area (Å²) in [5, 5.41) is 0. The molecular weight excluding hydrogens is 226 g/mol. The van der Waals surface area contributed by atoms with E-state index in [1.807, 2.05) is 24.3 Å². The van der Waals surface area contributed by atoms with Crippen LogP contribution in [0.2, 0.25) is 0 Å². The van der Waals surface area contributed by atoms with Crippen LogP contribution in [0, 0.1) is 0 Å². The number of carbonyl (C=O) groups is 1. The van der Waals surface area contributed by atoms with Crippen molar-refractivity contribution < 1.29 is 9.53 Å². The highest BCUT2D eigenvalue weighted by Crippen LogP contribution is 2.21. The van der Waals surface area contributed by atoms with E-state index in [1.165, 1.54) is 12.1 Å².